The zero-order valence-electron chi connectivity index (χ0n) is 18.8. The SMILES string of the molecule is CNC[C@H](c1ccccn1)n1c(=O)[nH]c2cnc3cc(-c4c(C)noc4C)c(OC)cc3c21. The van der Waals surface area contributed by atoms with Crippen molar-refractivity contribution in [2.75, 3.05) is 20.7 Å². The Balaban J connectivity index is 1.82. The zero-order valence-corrected chi connectivity index (χ0v) is 18.8. The molecule has 1 atom stereocenters. The number of aromatic amines is 1. The fourth-order valence-corrected chi connectivity index (χ4v) is 4.46. The van der Waals surface area contributed by atoms with Gasteiger partial charge < -0.3 is 19.6 Å². The average Bonchev–Trinajstić information content (AvgIpc) is 3.34. The fraction of sp³-hybridized carbons (Fsp3) is 0.250. The van der Waals surface area contributed by atoms with Crippen molar-refractivity contribution in [1.82, 2.24) is 30.0 Å². The summed E-state index contributed by atoms with van der Waals surface area (Å²) in [5.74, 6) is 1.35. The average molecular weight is 444 g/mol. The first-order valence-corrected chi connectivity index (χ1v) is 10.6. The van der Waals surface area contributed by atoms with Crippen LogP contribution < -0.4 is 15.7 Å². The molecule has 0 radical (unpaired) electrons. The smallest absolute Gasteiger partial charge is 0.327 e. The molecule has 0 aliphatic heterocycles. The second kappa shape index (κ2) is 8.18. The van der Waals surface area contributed by atoms with Gasteiger partial charge in [-0.25, -0.2) is 4.79 Å². The van der Waals surface area contributed by atoms with E-state index in [-0.39, 0.29) is 11.7 Å². The van der Waals surface area contributed by atoms with Gasteiger partial charge in [-0.1, -0.05) is 11.2 Å². The summed E-state index contributed by atoms with van der Waals surface area (Å²) in [4.78, 5) is 25.2. The summed E-state index contributed by atoms with van der Waals surface area (Å²) in [7, 11) is 3.48. The normalized spacial score (nSPS) is 12.5. The van der Waals surface area contributed by atoms with Crippen LogP contribution in [0.3, 0.4) is 0 Å². The predicted octanol–water partition coefficient (Wildman–Crippen LogP) is 3.36. The maximum absolute atomic E-state index is 13.1. The number of nitrogens with one attached hydrogen (secondary N) is 2. The topological polar surface area (TPSA) is 111 Å². The van der Waals surface area contributed by atoms with E-state index in [1.54, 1.807) is 24.1 Å². The number of H-pyrrole nitrogens is 1. The number of imidazole rings is 1. The van der Waals surface area contributed by atoms with Crippen LogP contribution in [0, 0.1) is 13.8 Å². The molecule has 0 aliphatic carbocycles. The van der Waals surface area contributed by atoms with Crippen LogP contribution in [0.2, 0.25) is 0 Å². The van der Waals surface area contributed by atoms with Crippen LogP contribution in [-0.2, 0) is 0 Å². The number of fused-ring (bicyclic) bond motifs is 3. The number of methoxy groups -OCH3 is 1. The van der Waals surface area contributed by atoms with E-state index in [1.807, 2.05) is 51.2 Å². The molecule has 5 rings (SSSR count). The van der Waals surface area contributed by atoms with Gasteiger partial charge in [-0.3, -0.25) is 14.5 Å². The number of aryl methyl sites for hydroxylation is 2. The molecule has 9 nitrogen and oxygen atoms in total. The first kappa shape index (κ1) is 20.9. The monoisotopic (exact) mass is 444 g/mol. The lowest BCUT2D eigenvalue weighted by atomic mass is 10.00. The minimum atomic E-state index is -0.309. The molecule has 0 saturated heterocycles. The van der Waals surface area contributed by atoms with E-state index in [1.165, 1.54) is 0 Å². The number of nitrogens with zero attached hydrogens (tertiary/aromatic N) is 4. The van der Waals surface area contributed by atoms with Gasteiger partial charge >= 0.3 is 5.69 Å². The summed E-state index contributed by atoms with van der Waals surface area (Å²) >= 11 is 0. The number of hydrogen-bond donors (Lipinski definition) is 2. The molecule has 0 spiro atoms. The standard InChI is InChI=1S/C24H24N6O3/c1-13-22(14(2)33-29-13)16-9-18-15(10-21(16)32-4)23-19(11-27-18)28-24(31)30(23)20(12-25-3)17-7-5-6-8-26-17/h5-11,20,25H,12H2,1-4H3,(H,28,31)/t20-/m1/s1. The third-order valence-electron chi connectivity index (χ3n) is 5.90. The van der Waals surface area contributed by atoms with E-state index in [9.17, 15) is 4.79 Å². The van der Waals surface area contributed by atoms with Gasteiger partial charge in [0.05, 0.1) is 52.8 Å². The van der Waals surface area contributed by atoms with Gasteiger partial charge in [-0.2, -0.15) is 0 Å². The van der Waals surface area contributed by atoms with Crippen LogP contribution in [0.4, 0.5) is 0 Å². The summed E-state index contributed by atoms with van der Waals surface area (Å²) in [5, 5.41) is 8.06. The van der Waals surface area contributed by atoms with Crippen molar-refractivity contribution >= 4 is 21.9 Å². The molecule has 0 bridgehead atoms. The minimum Gasteiger partial charge on any atom is -0.496 e. The van der Waals surface area contributed by atoms with E-state index >= 15 is 0 Å². The van der Waals surface area contributed by atoms with Crippen molar-refractivity contribution in [2.24, 2.45) is 0 Å². The molecular weight excluding hydrogens is 420 g/mol. The van der Waals surface area contributed by atoms with Crippen LogP contribution in [0.25, 0.3) is 33.1 Å². The molecule has 33 heavy (non-hydrogen) atoms. The van der Waals surface area contributed by atoms with E-state index in [4.69, 9.17) is 9.26 Å². The highest BCUT2D eigenvalue weighted by Crippen LogP contribution is 2.39. The van der Waals surface area contributed by atoms with Crippen molar-refractivity contribution in [3.63, 3.8) is 0 Å². The lowest BCUT2D eigenvalue weighted by molar-refractivity contribution is 0.393. The van der Waals surface area contributed by atoms with Crippen LogP contribution >= 0.6 is 0 Å². The molecule has 4 heterocycles. The van der Waals surface area contributed by atoms with Crippen molar-refractivity contribution in [2.45, 2.75) is 19.9 Å². The number of aromatic nitrogens is 5. The van der Waals surface area contributed by atoms with Gasteiger partial charge in [-0.15, -0.1) is 0 Å². The Kier molecular flexibility index (Phi) is 5.18. The summed E-state index contributed by atoms with van der Waals surface area (Å²) < 4.78 is 12.9. The Morgan fingerprint density at radius 1 is 1.24 bits per heavy atom. The largest absolute Gasteiger partial charge is 0.496 e. The highest BCUT2D eigenvalue weighted by molar-refractivity contribution is 6.04. The quantitative estimate of drug-likeness (QED) is 0.413. The highest BCUT2D eigenvalue weighted by atomic mass is 16.5. The Bertz CT molecular complexity index is 1500. The van der Waals surface area contributed by atoms with E-state index in [0.29, 0.717) is 23.6 Å². The summed E-state index contributed by atoms with van der Waals surface area (Å²) in [6.07, 6.45) is 3.42. The first-order valence-electron chi connectivity index (χ1n) is 10.6. The summed E-state index contributed by atoms with van der Waals surface area (Å²) in [5.41, 5.74) is 5.19. The molecule has 2 N–H and O–H groups in total. The van der Waals surface area contributed by atoms with Gasteiger partial charge in [0.1, 0.15) is 11.5 Å². The number of rotatable bonds is 6. The van der Waals surface area contributed by atoms with Gasteiger partial charge in [0.15, 0.2) is 0 Å². The molecule has 168 valence electrons. The molecule has 0 aliphatic rings. The fourth-order valence-electron chi connectivity index (χ4n) is 4.46. The van der Waals surface area contributed by atoms with Gasteiger partial charge in [0.25, 0.3) is 0 Å². The Hall–Kier alpha value is -3.98. The van der Waals surface area contributed by atoms with Crippen LogP contribution in [0.15, 0.2) is 52.0 Å². The van der Waals surface area contributed by atoms with Crippen LogP contribution in [0.5, 0.6) is 5.75 Å². The Labute approximate surface area is 189 Å². The van der Waals surface area contributed by atoms with E-state index in [0.717, 1.165) is 38.9 Å². The number of pyridine rings is 2. The second-order valence-corrected chi connectivity index (χ2v) is 7.92. The molecule has 9 heteroatoms. The van der Waals surface area contributed by atoms with Crippen LogP contribution in [0.1, 0.15) is 23.2 Å². The van der Waals surface area contributed by atoms with Gasteiger partial charge in [-0.05, 0) is 45.2 Å². The predicted molar refractivity (Wildman–Crippen MR) is 126 cm³/mol. The van der Waals surface area contributed by atoms with E-state index in [2.05, 4.69) is 25.4 Å². The molecule has 0 fully saturated rings. The lowest BCUT2D eigenvalue weighted by Crippen LogP contribution is -2.30. The number of ether oxygens (including phenoxy) is 1. The molecule has 4 aromatic heterocycles. The molecule has 5 aromatic rings. The van der Waals surface area contributed by atoms with Gasteiger partial charge in [0.2, 0.25) is 0 Å². The number of benzene rings is 1. The summed E-state index contributed by atoms with van der Waals surface area (Å²) in [6.45, 7) is 4.29. The molecule has 1 aromatic carbocycles. The highest BCUT2D eigenvalue weighted by Gasteiger charge is 2.23. The minimum absolute atomic E-state index is 0.223. The third-order valence-corrected chi connectivity index (χ3v) is 5.90. The number of hydrogen-bond acceptors (Lipinski definition) is 7. The zero-order chi connectivity index (χ0) is 23.1. The van der Waals surface area contributed by atoms with Crippen molar-refractivity contribution in [1.29, 1.82) is 0 Å². The van der Waals surface area contributed by atoms with Gasteiger partial charge in [0, 0.05) is 23.7 Å². The third kappa shape index (κ3) is 3.37. The lowest BCUT2D eigenvalue weighted by Gasteiger charge is -2.19. The summed E-state index contributed by atoms with van der Waals surface area (Å²) in [6, 6.07) is 9.27. The molecular formula is C24H24N6O3. The maximum Gasteiger partial charge on any atom is 0.327 e. The Morgan fingerprint density at radius 2 is 2.09 bits per heavy atom. The van der Waals surface area contributed by atoms with Crippen LogP contribution in [-0.4, -0.2) is 45.4 Å². The number of likely N-dealkylation sites (N-methyl/N-ethyl adjacent to an activating group) is 1. The second-order valence-electron chi connectivity index (χ2n) is 7.92. The first-order chi connectivity index (χ1) is 16.0. The van der Waals surface area contributed by atoms with Crippen molar-refractivity contribution < 1.29 is 9.26 Å². The van der Waals surface area contributed by atoms with Crippen molar-refractivity contribution in [3.8, 4) is 16.9 Å². The molecule has 0 amide bonds. The molecule has 0 saturated carbocycles. The maximum atomic E-state index is 13.1. The Morgan fingerprint density at radius 3 is 2.76 bits per heavy atom. The molecule has 0 unspecified atom stereocenters. The van der Waals surface area contributed by atoms with E-state index < -0.39 is 0 Å². The van der Waals surface area contributed by atoms with Crippen molar-refractivity contribution in [3.05, 3.63) is 70.4 Å².